The molecule has 0 radical (unpaired) electrons. The number of rotatable bonds is 7. The zero-order valence-corrected chi connectivity index (χ0v) is 17.5. The van der Waals surface area contributed by atoms with Gasteiger partial charge < -0.3 is 14.6 Å². The lowest BCUT2D eigenvalue weighted by atomic mass is 10.1. The summed E-state index contributed by atoms with van der Waals surface area (Å²) in [6.07, 6.45) is 3.76. The molecule has 0 spiro atoms. The smallest absolute Gasteiger partial charge is 0.276 e. The predicted octanol–water partition coefficient (Wildman–Crippen LogP) is 2.84. The highest BCUT2D eigenvalue weighted by Crippen LogP contribution is 2.21. The van der Waals surface area contributed by atoms with E-state index in [0.717, 1.165) is 22.4 Å². The zero-order chi connectivity index (χ0) is 21.8. The number of hydrogen-bond acceptors (Lipinski definition) is 4. The maximum atomic E-state index is 12.8. The molecule has 31 heavy (non-hydrogen) atoms. The summed E-state index contributed by atoms with van der Waals surface area (Å²) in [5.74, 6) is 0.698. The second-order valence-electron chi connectivity index (χ2n) is 7.40. The van der Waals surface area contributed by atoms with Crippen molar-refractivity contribution in [3.63, 3.8) is 0 Å². The molecule has 0 saturated heterocycles. The van der Waals surface area contributed by atoms with Crippen molar-refractivity contribution in [2.24, 2.45) is 0 Å². The van der Waals surface area contributed by atoms with E-state index in [0.29, 0.717) is 30.7 Å². The Labute approximate surface area is 179 Å². The van der Waals surface area contributed by atoms with Crippen LogP contribution in [0.5, 0.6) is 5.75 Å². The van der Waals surface area contributed by atoms with Crippen molar-refractivity contribution >= 4 is 11.4 Å². The fourth-order valence-corrected chi connectivity index (χ4v) is 3.37. The third-order valence-electron chi connectivity index (χ3n) is 5.15. The molecule has 0 unspecified atom stereocenters. The van der Waals surface area contributed by atoms with Crippen LogP contribution in [0, 0.1) is 6.92 Å². The number of amides is 1. The van der Waals surface area contributed by atoms with Gasteiger partial charge in [-0.2, -0.15) is 5.10 Å². The first kappa shape index (κ1) is 20.4. The van der Waals surface area contributed by atoms with Gasteiger partial charge in [-0.05, 0) is 42.8 Å². The molecule has 0 saturated carbocycles. The number of benzene rings is 2. The lowest BCUT2D eigenvalue weighted by Gasteiger charge is -2.08. The monoisotopic (exact) mass is 416 g/mol. The van der Waals surface area contributed by atoms with Crippen LogP contribution >= 0.6 is 0 Å². The lowest BCUT2D eigenvalue weighted by molar-refractivity contribution is -0.120. The molecule has 0 aliphatic carbocycles. The van der Waals surface area contributed by atoms with Crippen molar-refractivity contribution < 1.29 is 9.53 Å². The van der Waals surface area contributed by atoms with Crippen molar-refractivity contribution in [1.29, 1.82) is 0 Å². The quantitative estimate of drug-likeness (QED) is 0.503. The Morgan fingerprint density at radius 1 is 1.06 bits per heavy atom. The van der Waals surface area contributed by atoms with Crippen LogP contribution in [0.25, 0.3) is 16.8 Å². The van der Waals surface area contributed by atoms with Gasteiger partial charge in [-0.1, -0.05) is 29.8 Å². The summed E-state index contributed by atoms with van der Waals surface area (Å²) in [6.45, 7) is 2.77. The van der Waals surface area contributed by atoms with E-state index in [1.807, 2.05) is 55.5 Å². The van der Waals surface area contributed by atoms with Gasteiger partial charge in [0.25, 0.3) is 5.56 Å². The molecule has 0 aliphatic heterocycles. The number of fused-ring (bicyclic) bond motifs is 1. The molecule has 1 amide bonds. The Morgan fingerprint density at radius 3 is 2.52 bits per heavy atom. The van der Waals surface area contributed by atoms with Gasteiger partial charge in [0.1, 0.15) is 11.3 Å². The van der Waals surface area contributed by atoms with Crippen LogP contribution in [0.15, 0.2) is 71.8 Å². The molecular weight excluding hydrogens is 392 g/mol. The van der Waals surface area contributed by atoms with Gasteiger partial charge in [0, 0.05) is 31.0 Å². The number of hydrogen-bond donors (Lipinski definition) is 1. The Morgan fingerprint density at radius 2 is 1.81 bits per heavy atom. The van der Waals surface area contributed by atoms with Crippen molar-refractivity contribution in [1.82, 2.24) is 19.5 Å². The van der Waals surface area contributed by atoms with Gasteiger partial charge in [0.05, 0.1) is 19.2 Å². The largest absolute Gasteiger partial charge is 0.497 e. The van der Waals surface area contributed by atoms with Crippen LogP contribution in [-0.2, 0) is 17.8 Å². The summed E-state index contributed by atoms with van der Waals surface area (Å²) >= 11 is 0. The Kier molecular flexibility index (Phi) is 5.84. The highest BCUT2D eigenvalue weighted by Gasteiger charge is 2.10. The van der Waals surface area contributed by atoms with E-state index >= 15 is 0 Å². The molecule has 0 bridgehead atoms. The molecule has 0 atom stereocenters. The van der Waals surface area contributed by atoms with Gasteiger partial charge in [0.15, 0.2) is 0 Å². The summed E-state index contributed by atoms with van der Waals surface area (Å²) in [6, 6.07) is 17.2. The molecule has 158 valence electrons. The number of ether oxygens (including phenoxy) is 1. The van der Waals surface area contributed by atoms with E-state index in [1.54, 1.807) is 34.7 Å². The van der Waals surface area contributed by atoms with Gasteiger partial charge in [0.2, 0.25) is 5.91 Å². The number of nitrogens with one attached hydrogen (secondary N) is 1. The summed E-state index contributed by atoms with van der Waals surface area (Å²) in [5.41, 5.74) is 4.07. The van der Waals surface area contributed by atoms with Crippen LogP contribution in [-0.4, -0.2) is 33.7 Å². The van der Waals surface area contributed by atoms with Crippen LogP contribution in [0.1, 0.15) is 11.1 Å². The van der Waals surface area contributed by atoms with Crippen LogP contribution in [0.3, 0.4) is 0 Å². The van der Waals surface area contributed by atoms with E-state index in [4.69, 9.17) is 4.74 Å². The molecule has 2 heterocycles. The molecule has 7 heteroatoms. The molecule has 2 aromatic carbocycles. The number of carbonyl (C=O) groups excluding carboxylic acids is 1. The van der Waals surface area contributed by atoms with E-state index < -0.39 is 0 Å². The molecule has 4 rings (SSSR count). The van der Waals surface area contributed by atoms with E-state index in [9.17, 15) is 9.59 Å². The Balaban J connectivity index is 1.42. The van der Waals surface area contributed by atoms with Gasteiger partial charge in [-0.25, -0.2) is 4.52 Å². The second kappa shape index (κ2) is 8.87. The third-order valence-corrected chi connectivity index (χ3v) is 5.15. The van der Waals surface area contributed by atoms with E-state index in [2.05, 4.69) is 10.4 Å². The lowest BCUT2D eigenvalue weighted by Crippen LogP contribution is -2.32. The summed E-state index contributed by atoms with van der Waals surface area (Å²) in [7, 11) is 1.62. The van der Waals surface area contributed by atoms with Crippen LogP contribution in [0.2, 0.25) is 0 Å². The number of carbonyl (C=O) groups is 1. The number of aryl methyl sites for hydroxylation is 1. The van der Waals surface area contributed by atoms with Crippen molar-refractivity contribution in [2.75, 3.05) is 13.7 Å². The van der Waals surface area contributed by atoms with Crippen LogP contribution in [0.4, 0.5) is 0 Å². The van der Waals surface area contributed by atoms with Gasteiger partial charge >= 0.3 is 0 Å². The Bertz CT molecular complexity index is 1250. The zero-order valence-electron chi connectivity index (χ0n) is 17.5. The average molecular weight is 416 g/mol. The standard InChI is InChI=1S/C24H24N4O3/c1-17-3-5-18(6-4-17)15-23(29)25-11-12-27-13-14-28-22(24(27)30)16-21(26-28)19-7-9-20(31-2)10-8-19/h3-10,13-14,16H,11-12,15H2,1-2H3,(H,25,29). The van der Waals surface area contributed by atoms with E-state index in [-0.39, 0.29) is 11.5 Å². The SMILES string of the molecule is COc1ccc(-c2cc3c(=O)n(CCNC(=O)Cc4ccc(C)cc4)ccn3n2)cc1. The average Bonchev–Trinajstić information content (AvgIpc) is 3.22. The molecule has 7 nitrogen and oxygen atoms in total. The number of nitrogens with zero attached hydrogens (tertiary/aromatic N) is 3. The first-order valence-electron chi connectivity index (χ1n) is 10.1. The number of aromatic nitrogens is 3. The fourth-order valence-electron chi connectivity index (χ4n) is 3.37. The first-order chi connectivity index (χ1) is 15.0. The minimum atomic E-state index is -0.150. The van der Waals surface area contributed by atoms with Gasteiger partial charge in [-0.3, -0.25) is 9.59 Å². The maximum absolute atomic E-state index is 12.8. The highest BCUT2D eigenvalue weighted by atomic mass is 16.5. The van der Waals surface area contributed by atoms with Crippen LogP contribution < -0.4 is 15.6 Å². The topological polar surface area (TPSA) is 77.6 Å². The minimum Gasteiger partial charge on any atom is -0.497 e. The summed E-state index contributed by atoms with van der Waals surface area (Å²) < 4.78 is 8.34. The maximum Gasteiger partial charge on any atom is 0.276 e. The minimum absolute atomic E-state index is 0.0656. The highest BCUT2D eigenvalue weighted by molar-refractivity contribution is 5.78. The second-order valence-corrected chi connectivity index (χ2v) is 7.40. The van der Waals surface area contributed by atoms with Crippen molar-refractivity contribution in [3.05, 3.63) is 88.5 Å². The Hall–Kier alpha value is -3.87. The summed E-state index contributed by atoms with van der Waals surface area (Å²) in [5, 5.41) is 7.37. The van der Waals surface area contributed by atoms with Crippen molar-refractivity contribution in [3.8, 4) is 17.0 Å². The van der Waals surface area contributed by atoms with Gasteiger partial charge in [-0.15, -0.1) is 0 Å². The fraction of sp³-hybridized carbons (Fsp3) is 0.208. The molecule has 4 aromatic rings. The molecule has 2 aromatic heterocycles. The molecule has 0 aliphatic rings. The molecule has 1 N–H and O–H groups in total. The predicted molar refractivity (Wildman–Crippen MR) is 119 cm³/mol. The van der Waals surface area contributed by atoms with E-state index in [1.165, 1.54) is 0 Å². The first-order valence-corrected chi connectivity index (χ1v) is 10.1. The summed E-state index contributed by atoms with van der Waals surface area (Å²) in [4.78, 5) is 25.0. The molecule has 0 fully saturated rings. The normalized spacial score (nSPS) is 10.9. The third kappa shape index (κ3) is 4.66. The molecular formula is C24H24N4O3. The number of methoxy groups -OCH3 is 1. The van der Waals surface area contributed by atoms with Crippen molar-refractivity contribution in [2.45, 2.75) is 19.9 Å².